The Labute approximate surface area is 175 Å². The van der Waals surface area contributed by atoms with Crippen molar-refractivity contribution in [3.05, 3.63) is 21.1 Å². The fourth-order valence-electron chi connectivity index (χ4n) is 3.41. The van der Waals surface area contributed by atoms with Crippen LogP contribution in [0.15, 0.2) is 21.1 Å². The Morgan fingerprint density at radius 3 is 1.65 bits per heavy atom. The molecule has 142 valence electrons. The first kappa shape index (κ1) is 20.9. The van der Waals surface area contributed by atoms with Crippen LogP contribution in [0.1, 0.15) is 55.4 Å². The zero-order chi connectivity index (χ0) is 19.7. The Hall–Kier alpha value is 0.190. The van der Waals surface area contributed by atoms with Gasteiger partial charge in [0.05, 0.1) is 16.8 Å². The van der Waals surface area contributed by atoms with Crippen LogP contribution >= 0.6 is 31.9 Å². The summed E-state index contributed by atoms with van der Waals surface area (Å²) >= 11 is 7.49. The van der Waals surface area contributed by atoms with E-state index in [-0.39, 0.29) is 29.1 Å². The quantitative estimate of drug-likeness (QED) is 0.576. The van der Waals surface area contributed by atoms with Crippen molar-refractivity contribution >= 4 is 56.8 Å². The fourth-order valence-corrected chi connectivity index (χ4v) is 4.58. The van der Waals surface area contributed by atoms with E-state index < -0.39 is 7.12 Å². The van der Waals surface area contributed by atoms with Gasteiger partial charge in [-0.05, 0) is 70.3 Å². The summed E-state index contributed by atoms with van der Waals surface area (Å²) in [6.45, 7) is 17.2. The SMILES string of the molecule is CC1(C)CB(c2cc(Br)c(B3OC(C)(C)C(C)(C)O3)cc2Br)OC1(C)C. The van der Waals surface area contributed by atoms with Crippen molar-refractivity contribution in [1.29, 1.82) is 0 Å². The Balaban J connectivity index is 1.92. The summed E-state index contributed by atoms with van der Waals surface area (Å²) in [6, 6.07) is 4.25. The molecule has 2 aliphatic rings. The smallest absolute Gasteiger partial charge is 0.425 e. The van der Waals surface area contributed by atoms with E-state index in [9.17, 15) is 0 Å². The molecule has 0 aromatic heterocycles. The third-order valence-electron chi connectivity index (χ3n) is 6.73. The van der Waals surface area contributed by atoms with Gasteiger partial charge in [-0.25, -0.2) is 0 Å². The Bertz CT molecular complexity index is 638. The van der Waals surface area contributed by atoms with Crippen LogP contribution in [-0.4, -0.2) is 30.8 Å². The van der Waals surface area contributed by atoms with Gasteiger partial charge in [-0.3, -0.25) is 0 Å². The van der Waals surface area contributed by atoms with Crippen LogP contribution in [0.3, 0.4) is 0 Å². The normalized spacial score (nSPS) is 25.8. The van der Waals surface area contributed by atoms with E-state index >= 15 is 0 Å². The summed E-state index contributed by atoms with van der Waals surface area (Å²) in [5, 5.41) is 0. The molecule has 26 heavy (non-hydrogen) atoms. The highest BCUT2D eigenvalue weighted by molar-refractivity contribution is 9.11. The van der Waals surface area contributed by atoms with Gasteiger partial charge in [-0.1, -0.05) is 51.8 Å². The number of rotatable bonds is 2. The molecule has 0 amide bonds. The molecule has 0 spiro atoms. The summed E-state index contributed by atoms with van der Waals surface area (Å²) < 4.78 is 20.8. The molecule has 0 radical (unpaired) electrons. The highest BCUT2D eigenvalue weighted by Gasteiger charge is 2.53. The van der Waals surface area contributed by atoms with Crippen molar-refractivity contribution in [3.8, 4) is 0 Å². The summed E-state index contributed by atoms with van der Waals surface area (Å²) in [5.41, 5.74) is 1.41. The molecule has 2 heterocycles. The summed E-state index contributed by atoms with van der Waals surface area (Å²) in [7, 11) is -0.392. The first-order chi connectivity index (χ1) is 11.7. The second-order valence-electron chi connectivity index (χ2n) is 9.69. The van der Waals surface area contributed by atoms with Crippen LogP contribution in [0, 0.1) is 5.41 Å². The third kappa shape index (κ3) is 3.36. The van der Waals surface area contributed by atoms with Gasteiger partial charge in [0.2, 0.25) is 0 Å². The average molecular weight is 486 g/mol. The maximum atomic E-state index is 6.40. The lowest BCUT2D eigenvalue weighted by atomic mass is 9.54. The zero-order valence-corrected chi connectivity index (χ0v) is 20.2. The van der Waals surface area contributed by atoms with Crippen LogP contribution in [0.2, 0.25) is 6.32 Å². The molecule has 0 atom stereocenters. The lowest BCUT2D eigenvalue weighted by Crippen LogP contribution is -2.41. The molecule has 0 saturated carbocycles. The minimum Gasteiger partial charge on any atom is -0.425 e. The van der Waals surface area contributed by atoms with E-state index in [4.69, 9.17) is 14.0 Å². The second-order valence-corrected chi connectivity index (χ2v) is 11.4. The molecular weight excluding hydrogens is 458 g/mol. The van der Waals surface area contributed by atoms with Crippen molar-refractivity contribution < 1.29 is 14.0 Å². The van der Waals surface area contributed by atoms with Gasteiger partial charge < -0.3 is 14.0 Å². The molecule has 7 heteroatoms. The number of hydrogen-bond donors (Lipinski definition) is 0. The van der Waals surface area contributed by atoms with Gasteiger partial charge in [0.15, 0.2) is 0 Å². The number of benzene rings is 1. The maximum Gasteiger partial charge on any atom is 0.496 e. The average Bonchev–Trinajstić information content (AvgIpc) is 2.80. The van der Waals surface area contributed by atoms with Gasteiger partial charge in [0.25, 0.3) is 0 Å². The minimum atomic E-state index is -0.392. The number of halogens is 2. The molecule has 2 aliphatic heterocycles. The van der Waals surface area contributed by atoms with Gasteiger partial charge in [-0.2, -0.15) is 0 Å². The van der Waals surface area contributed by atoms with E-state index in [1.165, 1.54) is 0 Å². The molecule has 0 aliphatic carbocycles. The van der Waals surface area contributed by atoms with Crippen molar-refractivity contribution in [1.82, 2.24) is 0 Å². The molecule has 3 rings (SSSR count). The monoisotopic (exact) mass is 484 g/mol. The van der Waals surface area contributed by atoms with Gasteiger partial charge in [-0.15, -0.1) is 0 Å². The van der Waals surface area contributed by atoms with Crippen LogP contribution in [0.4, 0.5) is 0 Å². The van der Waals surface area contributed by atoms with Crippen molar-refractivity contribution in [2.75, 3.05) is 0 Å². The first-order valence-corrected chi connectivity index (χ1v) is 10.8. The topological polar surface area (TPSA) is 27.7 Å². The van der Waals surface area contributed by atoms with Crippen LogP contribution in [0.25, 0.3) is 0 Å². The highest BCUT2D eigenvalue weighted by atomic mass is 79.9. The predicted octanol–water partition coefficient (Wildman–Crippen LogP) is 4.54. The zero-order valence-electron chi connectivity index (χ0n) is 17.0. The molecule has 0 unspecified atom stereocenters. The predicted molar refractivity (Wildman–Crippen MR) is 117 cm³/mol. The first-order valence-electron chi connectivity index (χ1n) is 9.19. The lowest BCUT2D eigenvalue weighted by molar-refractivity contribution is 0.00578. The molecule has 2 fully saturated rings. The van der Waals surface area contributed by atoms with Gasteiger partial charge in [0.1, 0.15) is 0 Å². The Morgan fingerprint density at radius 2 is 1.19 bits per heavy atom. The second kappa shape index (κ2) is 6.35. The molecule has 1 aromatic rings. The third-order valence-corrected chi connectivity index (χ3v) is 8.11. The van der Waals surface area contributed by atoms with Crippen LogP contribution in [0.5, 0.6) is 0 Å². The van der Waals surface area contributed by atoms with Crippen LogP contribution < -0.4 is 10.9 Å². The van der Waals surface area contributed by atoms with Gasteiger partial charge >= 0.3 is 14.0 Å². The molecule has 1 aromatic carbocycles. The number of hydrogen-bond acceptors (Lipinski definition) is 3. The fraction of sp³-hybridized carbons (Fsp3) is 0.684. The molecule has 0 N–H and O–H groups in total. The molecule has 3 nitrogen and oxygen atoms in total. The molecule has 0 bridgehead atoms. The van der Waals surface area contributed by atoms with E-state index in [1.807, 2.05) is 0 Å². The Morgan fingerprint density at radius 1 is 0.731 bits per heavy atom. The van der Waals surface area contributed by atoms with Crippen LogP contribution in [-0.2, 0) is 14.0 Å². The standard InChI is InChI=1S/C19H28B2Br2O3/c1-16(2)11-20(24-17(16,3)4)12-9-15(23)13(10-14(12)22)21-25-18(5,6)19(7,8)26-21/h9-10H,11H2,1-8H3. The summed E-state index contributed by atoms with van der Waals surface area (Å²) in [6.07, 6.45) is 0.987. The van der Waals surface area contributed by atoms with Crippen molar-refractivity contribution in [2.45, 2.75) is 78.5 Å². The van der Waals surface area contributed by atoms with Crippen molar-refractivity contribution in [3.63, 3.8) is 0 Å². The minimum absolute atomic E-state index is 0.0676. The highest BCUT2D eigenvalue weighted by Crippen LogP contribution is 2.45. The summed E-state index contributed by atoms with van der Waals surface area (Å²) in [4.78, 5) is 0. The maximum absolute atomic E-state index is 6.40. The van der Waals surface area contributed by atoms with Gasteiger partial charge in [0, 0.05) is 8.95 Å². The Kier molecular flexibility index (Phi) is 5.11. The summed E-state index contributed by atoms with van der Waals surface area (Å²) in [5.74, 6) is 0. The van der Waals surface area contributed by atoms with E-state index in [1.54, 1.807) is 0 Å². The van der Waals surface area contributed by atoms with E-state index in [0.717, 1.165) is 26.2 Å². The van der Waals surface area contributed by atoms with E-state index in [0.29, 0.717) is 0 Å². The lowest BCUT2D eigenvalue weighted by Gasteiger charge is -2.34. The van der Waals surface area contributed by atoms with E-state index in [2.05, 4.69) is 99.4 Å². The molecular formula is C19H28B2Br2O3. The largest absolute Gasteiger partial charge is 0.496 e. The van der Waals surface area contributed by atoms with Crippen molar-refractivity contribution in [2.24, 2.45) is 5.41 Å². The molecule has 2 saturated heterocycles.